The molecule has 0 radical (unpaired) electrons. The first-order chi connectivity index (χ1) is 10.7. The van der Waals surface area contributed by atoms with Gasteiger partial charge in [-0.25, -0.2) is 9.97 Å². The minimum atomic E-state index is 0.245. The molecule has 4 rings (SSSR count). The minimum Gasteiger partial charge on any atom is -0.508 e. The third-order valence-corrected chi connectivity index (χ3v) is 4.48. The molecule has 0 amide bonds. The quantitative estimate of drug-likeness (QED) is 0.605. The number of nitrogens with zero attached hydrogens (tertiary/aromatic N) is 3. The topological polar surface area (TPSA) is 50.9 Å². The van der Waals surface area contributed by atoms with Gasteiger partial charge in [0.1, 0.15) is 11.3 Å². The Morgan fingerprint density at radius 2 is 1.86 bits per heavy atom. The largest absolute Gasteiger partial charge is 0.508 e. The fraction of sp³-hybridized carbons (Fsp3) is 0.0588. The number of imidazole rings is 1. The van der Waals surface area contributed by atoms with Crippen molar-refractivity contribution in [1.82, 2.24) is 14.5 Å². The van der Waals surface area contributed by atoms with Gasteiger partial charge in [-0.2, -0.15) is 0 Å². The van der Waals surface area contributed by atoms with Crippen molar-refractivity contribution in [3.8, 4) is 22.1 Å². The first kappa shape index (κ1) is 13.0. The number of aromatic hydroxyl groups is 1. The van der Waals surface area contributed by atoms with E-state index in [-0.39, 0.29) is 5.75 Å². The van der Waals surface area contributed by atoms with Gasteiger partial charge in [0.15, 0.2) is 11.5 Å². The van der Waals surface area contributed by atoms with E-state index in [0.29, 0.717) is 0 Å². The molecule has 0 aliphatic rings. The van der Waals surface area contributed by atoms with E-state index in [1.807, 2.05) is 28.8 Å². The van der Waals surface area contributed by atoms with Gasteiger partial charge in [0, 0.05) is 16.8 Å². The number of phenols is 1. The van der Waals surface area contributed by atoms with Gasteiger partial charge in [-0.05, 0) is 55.5 Å². The van der Waals surface area contributed by atoms with Gasteiger partial charge in [-0.1, -0.05) is 0 Å². The van der Waals surface area contributed by atoms with Crippen molar-refractivity contribution in [2.45, 2.75) is 6.92 Å². The average Bonchev–Trinajstić information content (AvgIpc) is 3.11. The fourth-order valence-corrected chi connectivity index (χ4v) is 3.33. The molecule has 0 aliphatic heterocycles. The molecule has 0 fully saturated rings. The number of aromatic nitrogens is 3. The van der Waals surface area contributed by atoms with E-state index in [1.165, 1.54) is 4.88 Å². The van der Waals surface area contributed by atoms with Crippen LogP contribution in [0.5, 0.6) is 5.75 Å². The minimum absolute atomic E-state index is 0.245. The summed E-state index contributed by atoms with van der Waals surface area (Å²) >= 11 is 1.71. The molecule has 0 saturated carbocycles. The first-order valence-corrected chi connectivity index (χ1v) is 7.74. The number of aryl methyl sites for hydroxylation is 1. The second kappa shape index (κ2) is 4.96. The molecule has 0 atom stereocenters. The molecule has 1 aromatic carbocycles. The van der Waals surface area contributed by atoms with Crippen LogP contribution in [0.2, 0.25) is 0 Å². The lowest BCUT2D eigenvalue weighted by molar-refractivity contribution is 0.475. The monoisotopic (exact) mass is 307 g/mol. The molecule has 0 aliphatic carbocycles. The van der Waals surface area contributed by atoms with Crippen molar-refractivity contribution in [2.24, 2.45) is 0 Å². The van der Waals surface area contributed by atoms with Gasteiger partial charge in [-0.15, -0.1) is 11.3 Å². The van der Waals surface area contributed by atoms with Crippen LogP contribution in [0.1, 0.15) is 4.88 Å². The Morgan fingerprint density at radius 3 is 2.59 bits per heavy atom. The van der Waals surface area contributed by atoms with Crippen LogP contribution in [0.3, 0.4) is 0 Å². The lowest BCUT2D eigenvalue weighted by Gasteiger charge is -2.07. The van der Waals surface area contributed by atoms with Crippen LogP contribution < -0.4 is 0 Å². The average molecular weight is 307 g/mol. The number of hydrogen-bond donors (Lipinski definition) is 1. The number of thiophene rings is 1. The molecule has 1 N–H and O–H groups in total. The highest BCUT2D eigenvalue weighted by atomic mass is 32.1. The zero-order chi connectivity index (χ0) is 15.1. The standard InChI is InChI=1S/C17H13N3OS/c1-11-4-9-15(22-11)17-19-14-3-2-10-18-16(14)20(17)12-5-7-13(21)8-6-12/h2-10,21H,1H3. The second-order valence-electron chi connectivity index (χ2n) is 5.04. The SMILES string of the molecule is Cc1ccc(-c2nc3cccnc3n2-c2ccc(O)cc2)s1. The zero-order valence-electron chi connectivity index (χ0n) is 11.9. The van der Waals surface area contributed by atoms with Crippen LogP contribution in [-0.4, -0.2) is 19.6 Å². The van der Waals surface area contributed by atoms with Crippen molar-refractivity contribution in [3.05, 3.63) is 59.6 Å². The second-order valence-corrected chi connectivity index (χ2v) is 6.33. The molecule has 5 heteroatoms. The number of rotatable bonds is 2. The molecule has 0 saturated heterocycles. The summed E-state index contributed by atoms with van der Waals surface area (Å²) in [5.41, 5.74) is 2.60. The molecular formula is C17H13N3OS. The molecule has 0 spiro atoms. The number of fused-ring (bicyclic) bond motifs is 1. The normalized spacial score (nSPS) is 11.1. The predicted molar refractivity (Wildman–Crippen MR) is 88.6 cm³/mol. The highest BCUT2D eigenvalue weighted by Gasteiger charge is 2.16. The Balaban J connectivity index is 2.03. The first-order valence-electron chi connectivity index (χ1n) is 6.92. The van der Waals surface area contributed by atoms with Gasteiger partial charge in [0.05, 0.1) is 4.88 Å². The Labute approximate surface area is 131 Å². The number of benzene rings is 1. The summed E-state index contributed by atoms with van der Waals surface area (Å²) in [4.78, 5) is 11.6. The molecule has 0 unspecified atom stereocenters. The van der Waals surface area contributed by atoms with E-state index >= 15 is 0 Å². The van der Waals surface area contributed by atoms with Gasteiger partial charge in [0.2, 0.25) is 0 Å². The number of pyridine rings is 1. The van der Waals surface area contributed by atoms with E-state index < -0.39 is 0 Å². The Hall–Kier alpha value is -2.66. The summed E-state index contributed by atoms with van der Waals surface area (Å²) in [5.74, 6) is 1.12. The lowest BCUT2D eigenvalue weighted by atomic mass is 10.3. The highest BCUT2D eigenvalue weighted by molar-refractivity contribution is 7.15. The number of hydrogen-bond acceptors (Lipinski definition) is 4. The molecule has 22 heavy (non-hydrogen) atoms. The molecular weight excluding hydrogens is 294 g/mol. The van der Waals surface area contributed by atoms with Gasteiger partial charge >= 0.3 is 0 Å². The predicted octanol–water partition coefficient (Wildman–Crippen LogP) is 4.16. The van der Waals surface area contributed by atoms with Crippen molar-refractivity contribution in [3.63, 3.8) is 0 Å². The molecule has 108 valence electrons. The van der Waals surface area contributed by atoms with Crippen LogP contribution in [0, 0.1) is 6.92 Å². The van der Waals surface area contributed by atoms with E-state index in [9.17, 15) is 5.11 Å². The maximum atomic E-state index is 9.52. The smallest absolute Gasteiger partial charge is 0.164 e. The third-order valence-electron chi connectivity index (χ3n) is 3.48. The zero-order valence-corrected chi connectivity index (χ0v) is 12.7. The van der Waals surface area contributed by atoms with Crippen LogP contribution in [0.4, 0.5) is 0 Å². The lowest BCUT2D eigenvalue weighted by Crippen LogP contribution is -1.97. The summed E-state index contributed by atoms with van der Waals surface area (Å²) < 4.78 is 2.03. The number of phenolic OH excluding ortho intramolecular Hbond substituents is 1. The van der Waals surface area contributed by atoms with E-state index in [2.05, 4.69) is 24.0 Å². The van der Waals surface area contributed by atoms with E-state index in [0.717, 1.165) is 27.6 Å². The summed E-state index contributed by atoms with van der Waals surface area (Å²) in [6.45, 7) is 2.08. The van der Waals surface area contributed by atoms with Crippen molar-refractivity contribution in [2.75, 3.05) is 0 Å². The van der Waals surface area contributed by atoms with Crippen LogP contribution in [0.15, 0.2) is 54.7 Å². The highest BCUT2D eigenvalue weighted by Crippen LogP contribution is 2.32. The van der Waals surface area contributed by atoms with Crippen molar-refractivity contribution >= 4 is 22.5 Å². The summed E-state index contributed by atoms with van der Waals surface area (Å²) in [6.07, 6.45) is 1.77. The van der Waals surface area contributed by atoms with E-state index in [1.54, 1.807) is 29.7 Å². The molecule has 4 nitrogen and oxygen atoms in total. The maximum absolute atomic E-state index is 9.52. The van der Waals surface area contributed by atoms with Crippen LogP contribution in [0.25, 0.3) is 27.6 Å². The van der Waals surface area contributed by atoms with Gasteiger partial charge < -0.3 is 5.11 Å². The Bertz CT molecular complexity index is 954. The fourth-order valence-electron chi connectivity index (χ4n) is 2.48. The third kappa shape index (κ3) is 2.07. The molecule has 3 heterocycles. The summed E-state index contributed by atoms with van der Waals surface area (Å²) in [6, 6.07) is 15.1. The van der Waals surface area contributed by atoms with Crippen molar-refractivity contribution < 1.29 is 5.11 Å². The summed E-state index contributed by atoms with van der Waals surface area (Å²) in [5, 5.41) is 9.52. The Kier molecular flexibility index (Phi) is 2.94. The van der Waals surface area contributed by atoms with Crippen LogP contribution in [-0.2, 0) is 0 Å². The van der Waals surface area contributed by atoms with Gasteiger partial charge in [0.25, 0.3) is 0 Å². The van der Waals surface area contributed by atoms with E-state index in [4.69, 9.17) is 4.98 Å². The molecule has 3 aromatic heterocycles. The maximum Gasteiger partial charge on any atom is 0.164 e. The molecule has 0 bridgehead atoms. The molecule has 4 aromatic rings. The summed E-state index contributed by atoms with van der Waals surface area (Å²) in [7, 11) is 0. The van der Waals surface area contributed by atoms with Crippen molar-refractivity contribution in [1.29, 1.82) is 0 Å². The Morgan fingerprint density at radius 1 is 1.05 bits per heavy atom. The van der Waals surface area contributed by atoms with Crippen LogP contribution >= 0.6 is 11.3 Å². The van der Waals surface area contributed by atoms with Gasteiger partial charge in [-0.3, -0.25) is 4.57 Å².